The van der Waals surface area contributed by atoms with E-state index in [0.29, 0.717) is 10.7 Å². The molecule has 8 heteroatoms. The van der Waals surface area contributed by atoms with E-state index in [-0.39, 0.29) is 28.5 Å². The number of aromatic carboxylic acids is 1. The van der Waals surface area contributed by atoms with Gasteiger partial charge in [-0.2, -0.15) is 0 Å². The smallest absolute Gasteiger partial charge is 0.347 e. The van der Waals surface area contributed by atoms with E-state index in [1.54, 1.807) is 6.92 Å². The molecule has 0 bridgehead atoms. The van der Waals surface area contributed by atoms with Crippen molar-refractivity contribution in [2.24, 2.45) is 0 Å². The lowest BCUT2D eigenvalue weighted by atomic mass is 10.2. The Morgan fingerprint density at radius 3 is 2.57 bits per heavy atom. The molecule has 110 valence electrons. The number of nitrogens with one attached hydrogen (secondary N) is 1. The largest absolute Gasteiger partial charge is 0.504 e. The topological polar surface area (TPSA) is 120 Å². The van der Waals surface area contributed by atoms with Crippen molar-refractivity contribution in [2.75, 3.05) is 0 Å². The SMILES string of the molecule is Cc1nc(CNC(=O)c2ccc(O)c(O)c2)sc1C(=O)O. The average Bonchev–Trinajstić information content (AvgIpc) is 2.80. The number of phenolic OH excluding ortho intramolecular Hbond substituents is 2. The van der Waals surface area contributed by atoms with Gasteiger partial charge in [-0.05, 0) is 25.1 Å². The summed E-state index contributed by atoms with van der Waals surface area (Å²) in [5.41, 5.74) is 0.580. The summed E-state index contributed by atoms with van der Waals surface area (Å²) in [6.07, 6.45) is 0. The van der Waals surface area contributed by atoms with Gasteiger partial charge in [0.1, 0.15) is 9.88 Å². The van der Waals surface area contributed by atoms with Gasteiger partial charge in [-0.15, -0.1) is 11.3 Å². The number of amides is 1. The third-order valence-corrected chi connectivity index (χ3v) is 3.82. The predicted octanol–water partition coefficient (Wildman–Crippen LogP) is 1.49. The quantitative estimate of drug-likeness (QED) is 0.635. The van der Waals surface area contributed by atoms with Gasteiger partial charge in [0.15, 0.2) is 11.5 Å². The molecule has 1 aromatic heterocycles. The van der Waals surface area contributed by atoms with Gasteiger partial charge in [-0.3, -0.25) is 4.79 Å². The monoisotopic (exact) mass is 308 g/mol. The lowest BCUT2D eigenvalue weighted by Gasteiger charge is -2.04. The van der Waals surface area contributed by atoms with E-state index >= 15 is 0 Å². The Hall–Kier alpha value is -2.61. The minimum Gasteiger partial charge on any atom is -0.504 e. The fourth-order valence-corrected chi connectivity index (χ4v) is 2.49. The van der Waals surface area contributed by atoms with Crippen molar-refractivity contribution in [1.82, 2.24) is 10.3 Å². The third-order valence-electron chi connectivity index (χ3n) is 2.67. The van der Waals surface area contributed by atoms with E-state index in [2.05, 4.69) is 10.3 Å². The molecule has 0 aliphatic rings. The van der Waals surface area contributed by atoms with E-state index in [9.17, 15) is 19.8 Å². The summed E-state index contributed by atoms with van der Waals surface area (Å²) < 4.78 is 0. The number of benzene rings is 1. The van der Waals surface area contributed by atoms with Crippen molar-refractivity contribution < 1.29 is 24.9 Å². The summed E-state index contributed by atoms with van der Waals surface area (Å²) in [6, 6.07) is 3.71. The highest BCUT2D eigenvalue weighted by molar-refractivity contribution is 7.13. The number of carbonyl (C=O) groups excluding carboxylic acids is 1. The summed E-state index contributed by atoms with van der Waals surface area (Å²) in [5, 5.41) is 30.5. The number of aryl methyl sites for hydroxylation is 1. The Labute approximate surface area is 123 Å². The lowest BCUT2D eigenvalue weighted by molar-refractivity contribution is 0.0701. The molecule has 1 aromatic carbocycles. The van der Waals surface area contributed by atoms with Crippen LogP contribution in [-0.2, 0) is 6.54 Å². The number of aromatic nitrogens is 1. The molecule has 1 amide bonds. The average molecular weight is 308 g/mol. The van der Waals surface area contributed by atoms with E-state index in [4.69, 9.17) is 5.11 Å². The van der Waals surface area contributed by atoms with Crippen LogP contribution >= 0.6 is 11.3 Å². The first-order valence-corrected chi connectivity index (χ1v) is 6.70. The van der Waals surface area contributed by atoms with Crippen LogP contribution in [0.2, 0.25) is 0 Å². The number of hydrogen-bond donors (Lipinski definition) is 4. The number of phenols is 2. The number of carboxylic acids is 1. The van der Waals surface area contributed by atoms with E-state index in [1.165, 1.54) is 12.1 Å². The van der Waals surface area contributed by atoms with Crippen LogP contribution in [0, 0.1) is 6.92 Å². The fourth-order valence-electron chi connectivity index (χ4n) is 1.65. The van der Waals surface area contributed by atoms with Gasteiger partial charge in [-0.25, -0.2) is 9.78 Å². The minimum absolute atomic E-state index is 0.0826. The van der Waals surface area contributed by atoms with Gasteiger partial charge in [0.2, 0.25) is 0 Å². The summed E-state index contributed by atoms with van der Waals surface area (Å²) >= 11 is 0.996. The molecule has 0 aliphatic carbocycles. The number of carboxylic acid groups (broad SMARTS) is 1. The van der Waals surface area contributed by atoms with Crippen LogP contribution in [0.3, 0.4) is 0 Å². The molecule has 2 rings (SSSR count). The molecule has 4 N–H and O–H groups in total. The highest BCUT2D eigenvalue weighted by atomic mass is 32.1. The second kappa shape index (κ2) is 5.80. The number of hydrogen-bond acceptors (Lipinski definition) is 6. The molecular formula is C13H12N2O5S. The normalized spacial score (nSPS) is 10.3. The van der Waals surface area contributed by atoms with Crippen molar-refractivity contribution in [2.45, 2.75) is 13.5 Å². The molecule has 0 radical (unpaired) electrons. The molecule has 0 fully saturated rings. The zero-order valence-electron chi connectivity index (χ0n) is 11.0. The maximum atomic E-state index is 11.9. The number of aromatic hydroxyl groups is 2. The van der Waals surface area contributed by atoms with Crippen LogP contribution in [0.4, 0.5) is 0 Å². The van der Waals surface area contributed by atoms with Crippen molar-refractivity contribution in [3.05, 3.63) is 39.3 Å². The Balaban J connectivity index is 2.05. The van der Waals surface area contributed by atoms with Gasteiger partial charge in [0, 0.05) is 5.56 Å². The summed E-state index contributed by atoms with van der Waals surface area (Å²) in [6.45, 7) is 1.67. The molecule has 0 aliphatic heterocycles. The Kier molecular flexibility index (Phi) is 4.08. The maximum absolute atomic E-state index is 11.9. The number of carbonyl (C=O) groups is 2. The second-order valence-corrected chi connectivity index (χ2v) is 5.30. The van der Waals surface area contributed by atoms with E-state index < -0.39 is 11.9 Å². The zero-order valence-corrected chi connectivity index (χ0v) is 11.8. The fraction of sp³-hybridized carbons (Fsp3) is 0.154. The number of nitrogens with zero attached hydrogens (tertiary/aromatic N) is 1. The van der Waals surface area contributed by atoms with Crippen molar-refractivity contribution >= 4 is 23.2 Å². The molecule has 2 aromatic rings. The van der Waals surface area contributed by atoms with Crippen LogP contribution in [0.5, 0.6) is 11.5 Å². The van der Waals surface area contributed by atoms with Crippen LogP contribution in [-0.4, -0.2) is 32.2 Å². The van der Waals surface area contributed by atoms with Crippen LogP contribution < -0.4 is 5.32 Å². The van der Waals surface area contributed by atoms with Gasteiger partial charge >= 0.3 is 5.97 Å². The summed E-state index contributed by atoms with van der Waals surface area (Å²) in [7, 11) is 0. The minimum atomic E-state index is -1.05. The highest BCUT2D eigenvalue weighted by Gasteiger charge is 2.15. The standard InChI is InChI=1S/C13H12N2O5S/c1-6-11(13(19)20)21-10(15-6)5-14-12(18)7-2-3-8(16)9(17)4-7/h2-4,16-17H,5H2,1H3,(H,14,18)(H,19,20). The first-order valence-electron chi connectivity index (χ1n) is 5.88. The first kappa shape index (κ1) is 14.8. The first-order chi connectivity index (χ1) is 9.88. The highest BCUT2D eigenvalue weighted by Crippen LogP contribution is 2.25. The Bertz CT molecular complexity index is 711. The van der Waals surface area contributed by atoms with Gasteiger partial charge in [-0.1, -0.05) is 0 Å². The molecule has 7 nitrogen and oxygen atoms in total. The number of thiazole rings is 1. The zero-order chi connectivity index (χ0) is 15.6. The van der Waals surface area contributed by atoms with E-state index in [1.807, 2.05) is 0 Å². The van der Waals surface area contributed by atoms with Gasteiger partial charge < -0.3 is 20.6 Å². The molecule has 0 atom stereocenters. The number of rotatable bonds is 4. The molecule has 0 saturated heterocycles. The van der Waals surface area contributed by atoms with Crippen LogP contribution in [0.25, 0.3) is 0 Å². The second-order valence-electron chi connectivity index (χ2n) is 4.21. The molecule has 21 heavy (non-hydrogen) atoms. The Morgan fingerprint density at radius 2 is 2.00 bits per heavy atom. The van der Waals surface area contributed by atoms with Crippen LogP contribution in [0.15, 0.2) is 18.2 Å². The Morgan fingerprint density at radius 1 is 1.29 bits per heavy atom. The maximum Gasteiger partial charge on any atom is 0.347 e. The third kappa shape index (κ3) is 3.29. The predicted molar refractivity (Wildman–Crippen MR) is 74.8 cm³/mol. The molecule has 0 spiro atoms. The van der Waals surface area contributed by atoms with Crippen molar-refractivity contribution in [1.29, 1.82) is 0 Å². The molecule has 0 unspecified atom stereocenters. The van der Waals surface area contributed by atoms with Crippen molar-refractivity contribution in [3.63, 3.8) is 0 Å². The van der Waals surface area contributed by atoms with Crippen molar-refractivity contribution in [3.8, 4) is 11.5 Å². The van der Waals surface area contributed by atoms with Gasteiger partial charge in [0.25, 0.3) is 5.91 Å². The molecule has 0 saturated carbocycles. The summed E-state index contributed by atoms with van der Waals surface area (Å²) in [4.78, 5) is 27.0. The lowest BCUT2D eigenvalue weighted by Crippen LogP contribution is -2.22. The summed E-state index contributed by atoms with van der Waals surface area (Å²) in [5.74, 6) is -2.21. The van der Waals surface area contributed by atoms with Crippen LogP contribution in [0.1, 0.15) is 30.7 Å². The molecular weight excluding hydrogens is 296 g/mol. The van der Waals surface area contributed by atoms with E-state index in [0.717, 1.165) is 17.4 Å². The van der Waals surface area contributed by atoms with Gasteiger partial charge in [0.05, 0.1) is 12.2 Å². The molecule has 1 heterocycles.